The highest BCUT2D eigenvalue weighted by molar-refractivity contribution is 7.89. The first kappa shape index (κ1) is 15.7. The summed E-state index contributed by atoms with van der Waals surface area (Å²) in [5, 5.41) is 0. The van der Waals surface area contributed by atoms with Gasteiger partial charge in [-0.3, -0.25) is 9.59 Å². The molecule has 1 aliphatic rings. The number of sulfonamides is 1. The van der Waals surface area contributed by atoms with Crippen LogP contribution in [0.3, 0.4) is 0 Å². The van der Waals surface area contributed by atoms with Crippen LogP contribution in [0.25, 0.3) is 0 Å². The average Bonchev–Trinajstić information content (AvgIpc) is 2.49. The molecule has 1 amide bonds. The van der Waals surface area contributed by atoms with E-state index in [2.05, 4.69) is 0 Å². The van der Waals surface area contributed by atoms with Crippen LogP contribution in [0, 0.1) is 0 Å². The topological polar surface area (TPSA) is 79.7 Å². The lowest BCUT2D eigenvalue weighted by atomic mass is 10.2. The molecule has 116 valence electrons. The van der Waals surface area contributed by atoms with Gasteiger partial charge in [-0.25, -0.2) is 8.42 Å². The number of rotatable bonds is 3. The zero-order valence-corrected chi connectivity index (χ0v) is 13.0. The van der Waals surface area contributed by atoms with Gasteiger partial charge in [0.2, 0.25) is 10.0 Å². The number of aryl methyl sites for hydroxylation is 1. The highest BCUT2D eigenvalue weighted by Crippen LogP contribution is 2.10. The number of aromatic nitrogens is 1. The third kappa shape index (κ3) is 3.33. The van der Waals surface area contributed by atoms with Crippen LogP contribution < -0.4 is 5.56 Å². The highest BCUT2D eigenvalue weighted by atomic mass is 32.2. The Morgan fingerprint density at radius 3 is 2.38 bits per heavy atom. The first-order valence-electron chi connectivity index (χ1n) is 6.79. The van der Waals surface area contributed by atoms with Crippen LogP contribution in [0.4, 0.5) is 0 Å². The van der Waals surface area contributed by atoms with Gasteiger partial charge in [0.05, 0.1) is 5.75 Å². The van der Waals surface area contributed by atoms with Gasteiger partial charge in [0.25, 0.3) is 11.5 Å². The van der Waals surface area contributed by atoms with Gasteiger partial charge < -0.3 is 9.47 Å². The Morgan fingerprint density at radius 1 is 1.24 bits per heavy atom. The molecule has 1 aromatic heterocycles. The standard InChI is InChI=1S/C13H19N3O4S/c1-3-21(19,20)16-8-6-15(7-9-16)13(18)11-4-5-14(2)12(17)10-11/h4-5,10H,3,6-9H2,1-2H3. The molecule has 0 N–H and O–H groups in total. The van der Waals surface area contributed by atoms with Crippen molar-refractivity contribution in [2.45, 2.75) is 6.92 Å². The van der Waals surface area contributed by atoms with E-state index < -0.39 is 10.0 Å². The molecule has 0 spiro atoms. The fourth-order valence-electron chi connectivity index (χ4n) is 2.22. The van der Waals surface area contributed by atoms with Gasteiger partial charge in [-0.2, -0.15) is 4.31 Å². The lowest BCUT2D eigenvalue weighted by Gasteiger charge is -2.33. The first-order chi connectivity index (χ1) is 9.85. The summed E-state index contributed by atoms with van der Waals surface area (Å²) in [4.78, 5) is 25.4. The third-order valence-electron chi connectivity index (χ3n) is 3.64. The molecule has 1 fully saturated rings. The predicted octanol–water partition coefficient (Wildman–Crippen LogP) is -0.507. The van der Waals surface area contributed by atoms with E-state index >= 15 is 0 Å². The third-order valence-corrected chi connectivity index (χ3v) is 5.52. The van der Waals surface area contributed by atoms with Gasteiger partial charge in [0.1, 0.15) is 0 Å². The molecular formula is C13H19N3O4S. The fraction of sp³-hybridized carbons (Fsp3) is 0.538. The Morgan fingerprint density at radius 2 is 1.86 bits per heavy atom. The van der Waals surface area contributed by atoms with E-state index in [1.807, 2.05) is 0 Å². The predicted molar refractivity (Wildman–Crippen MR) is 78.6 cm³/mol. The number of carbonyl (C=O) groups is 1. The number of hydrogen-bond acceptors (Lipinski definition) is 4. The van der Waals surface area contributed by atoms with Gasteiger partial charge in [0.15, 0.2) is 0 Å². The van der Waals surface area contributed by atoms with Crippen LogP contribution >= 0.6 is 0 Å². The first-order valence-corrected chi connectivity index (χ1v) is 8.40. The van der Waals surface area contributed by atoms with E-state index in [4.69, 9.17) is 0 Å². The second-order valence-corrected chi connectivity index (χ2v) is 7.21. The minimum Gasteiger partial charge on any atom is -0.336 e. The van der Waals surface area contributed by atoms with Crippen molar-refractivity contribution in [1.82, 2.24) is 13.8 Å². The molecule has 7 nitrogen and oxygen atoms in total. The van der Waals surface area contributed by atoms with Crippen LogP contribution in [0.15, 0.2) is 23.1 Å². The molecule has 0 saturated carbocycles. The average molecular weight is 313 g/mol. The molecule has 0 bridgehead atoms. The second-order valence-electron chi connectivity index (χ2n) is 4.96. The van der Waals surface area contributed by atoms with E-state index in [0.29, 0.717) is 31.7 Å². The van der Waals surface area contributed by atoms with E-state index in [1.54, 1.807) is 31.1 Å². The van der Waals surface area contributed by atoms with Crippen molar-refractivity contribution >= 4 is 15.9 Å². The summed E-state index contributed by atoms with van der Waals surface area (Å²) < 4.78 is 26.3. The number of pyridine rings is 1. The molecular weight excluding hydrogens is 294 g/mol. The Labute approximate surface area is 123 Å². The molecule has 2 rings (SSSR count). The lowest BCUT2D eigenvalue weighted by Crippen LogP contribution is -2.51. The quantitative estimate of drug-likeness (QED) is 0.753. The molecule has 0 aliphatic carbocycles. The van der Waals surface area contributed by atoms with E-state index in [0.717, 1.165) is 0 Å². The van der Waals surface area contributed by atoms with Crippen LogP contribution in [-0.2, 0) is 17.1 Å². The molecule has 1 aromatic rings. The smallest absolute Gasteiger partial charge is 0.254 e. The van der Waals surface area contributed by atoms with Crippen molar-refractivity contribution in [3.8, 4) is 0 Å². The largest absolute Gasteiger partial charge is 0.336 e. The minimum absolute atomic E-state index is 0.0652. The molecule has 21 heavy (non-hydrogen) atoms. The fourth-order valence-corrected chi connectivity index (χ4v) is 3.30. The van der Waals surface area contributed by atoms with Crippen LogP contribution in [0.2, 0.25) is 0 Å². The summed E-state index contributed by atoms with van der Waals surface area (Å²) in [6.07, 6.45) is 1.55. The van der Waals surface area contributed by atoms with Crippen LogP contribution in [-0.4, -0.2) is 60.0 Å². The molecule has 0 aromatic carbocycles. The van der Waals surface area contributed by atoms with Crippen LogP contribution in [0.5, 0.6) is 0 Å². The Kier molecular flexibility index (Phi) is 4.48. The Balaban J connectivity index is 2.07. The SMILES string of the molecule is CCS(=O)(=O)N1CCN(C(=O)c2ccn(C)c(=O)c2)CC1. The van der Waals surface area contributed by atoms with Gasteiger partial charge >= 0.3 is 0 Å². The van der Waals surface area contributed by atoms with E-state index in [9.17, 15) is 18.0 Å². The molecule has 8 heteroatoms. The normalized spacial score (nSPS) is 17.0. The highest BCUT2D eigenvalue weighted by Gasteiger charge is 2.28. The van der Waals surface area contributed by atoms with Gasteiger partial charge in [-0.1, -0.05) is 0 Å². The van der Waals surface area contributed by atoms with E-state index in [-0.39, 0.29) is 17.2 Å². The number of nitrogens with zero attached hydrogens (tertiary/aromatic N) is 3. The van der Waals surface area contributed by atoms with Crippen molar-refractivity contribution in [3.05, 3.63) is 34.2 Å². The van der Waals surface area contributed by atoms with Crippen LogP contribution in [0.1, 0.15) is 17.3 Å². The molecule has 0 atom stereocenters. The lowest BCUT2D eigenvalue weighted by molar-refractivity contribution is 0.0697. The van der Waals surface area contributed by atoms with Gasteiger partial charge in [0, 0.05) is 51.1 Å². The van der Waals surface area contributed by atoms with Crippen molar-refractivity contribution in [2.24, 2.45) is 7.05 Å². The maximum Gasteiger partial charge on any atom is 0.254 e. The van der Waals surface area contributed by atoms with Gasteiger partial charge in [-0.05, 0) is 13.0 Å². The Hall–Kier alpha value is -1.67. The minimum atomic E-state index is -3.21. The molecule has 0 unspecified atom stereocenters. The number of piperazine rings is 1. The maximum atomic E-state index is 12.3. The zero-order valence-electron chi connectivity index (χ0n) is 12.2. The van der Waals surface area contributed by atoms with Gasteiger partial charge in [-0.15, -0.1) is 0 Å². The second kappa shape index (κ2) is 5.98. The summed E-state index contributed by atoms with van der Waals surface area (Å²) in [7, 11) is -1.59. The molecule has 2 heterocycles. The van der Waals surface area contributed by atoms with Crippen molar-refractivity contribution in [2.75, 3.05) is 31.9 Å². The summed E-state index contributed by atoms with van der Waals surface area (Å²) in [5.74, 6) is -0.170. The van der Waals surface area contributed by atoms with Crippen molar-refractivity contribution in [1.29, 1.82) is 0 Å². The molecule has 0 radical (unpaired) electrons. The molecule has 1 saturated heterocycles. The van der Waals surface area contributed by atoms with Crippen molar-refractivity contribution in [3.63, 3.8) is 0 Å². The summed E-state index contributed by atoms with van der Waals surface area (Å²) >= 11 is 0. The summed E-state index contributed by atoms with van der Waals surface area (Å²) in [5.41, 5.74) is 0.0953. The number of hydrogen-bond donors (Lipinski definition) is 0. The van der Waals surface area contributed by atoms with Crippen molar-refractivity contribution < 1.29 is 13.2 Å². The number of carbonyl (C=O) groups excluding carboxylic acids is 1. The monoisotopic (exact) mass is 313 g/mol. The Bertz CT molecular complexity index is 688. The summed E-state index contributed by atoms with van der Waals surface area (Å²) in [6.45, 7) is 2.88. The number of amides is 1. The molecule has 1 aliphatic heterocycles. The zero-order chi connectivity index (χ0) is 15.6. The maximum absolute atomic E-state index is 12.3. The van der Waals surface area contributed by atoms with E-state index in [1.165, 1.54) is 14.9 Å². The summed E-state index contributed by atoms with van der Waals surface area (Å²) in [6, 6.07) is 2.90.